The lowest BCUT2D eigenvalue weighted by atomic mass is 9.86. The van der Waals surface area contributed by atoms with Crippen molar-refractivity contribution >= 4 is 23.9 Å². The van der Waals surface area contributed by atoms with E-state index in [0.29, 0.717) is 26.0 Å². The Hall–Kier alpha value is -2.64. The van der Waals surface area contributed by atoms with Gasteiger partial charge in [-0.2, -0.15) is 0 Å². The van der Waals surface area contributed by atoms with Crippen LogP contribution in [0.1, 0.15) is 38.2 Å². The van der Waals surface area contributed by atoms with Crippen LogP contribution in [0, 0.1) is 18.7 Å². The van der Waals surface area contributed by atoms with E-state index in [4.69, 9.17) is 0 Å². The van der Waals surface area contributed by atoms with Crippen LogP contribution in [0.4, 0.5) is 10.1 Å². The summed E-state index contributed by atoms with van der Waals surface area (Å²) in [5.74, 6) is -0.472. The highest BCUT2D eigenvalue weighted by atomic mass is 19.1. The normalized spacial score (nSPS) is 21.0. The summed E-state index contributed by atoms with van der Waals surface area (Å²) < 4.78 is 13.7. The predicted octanol–water partition coefficient (Wildman–Crippen LogP) is 1.59. The van der Waals surface area contributed by atoms with Crippen LogP contribution in [0.5, 0.6) is 0 Å². The molecule has 8 heteroatoms. The predicted molar refractivity (Wildman–Crippen MR) is 112 cm³/mol. The van der Waals surface area contributed by atoms with Crippen molar-refractivity contribution in [2.45, 2.75) is 51.1 Å². The molecular weight excluding hydrogens is 387 g/mol. The van der Waals surface area contributed by atoms with Crippen LogP contribution in [0.15, 0.2) is 18.2 Å². The van der Waals surface area contributed by atoms with E-state index in [1.807, 2.05) is 13.8 Å². The highest BCUT2D eigenvalue weighted by Gasteiger charge is 2.50. The molecule has 0 bridgehead atoms. The summed E-state index contributed by atoms with van der Waals surface area (Å²) in [6, 6.07) is 4.81. The smallest absolute Gasteiger partial charge is 0.245 e. The van der Waals surface area contributed by atoms with Gasteiger partial charge in [-0.15, -0.1) is 0 Å². The van der Waals surface area contributed by atoms with Gasteiger partial charge in [0.25, 0.3) is 0 Å². The van der Waals surface area contributed by atoms with Gasteiger partial charge in [0.05, 0.1) is 0 Å². The Morgan fingerprint density at radius 1 is 1.30 bits per heavy atom. The minimum Gasteiger partial charge on any atom is -0.365 e. The maximum atomic E-state index is 13.7. The number of halogens is 1. The number of aryl methyl sites for hydroxylation is 1. The van der Waals surface area contributed by atoms with Crippen molar-refractivity contribution < 1.29 is 18.8 Å². The van der Waals surface area contributed by atoms with Gasteiger partial charge in [0.2, 0.25) is 18.2 Å². The zero-order valence-corrected chi connectivity index (χ0v) is 17.9. The van der Waals surface area contributed by atoms with Gasteiger partial charge in [0.1, 0.15) is 11.4 Å². The highest BCUT2D eigenvalue weighted by Crippen LogP contribution is 2.42. The molecule has 1 aliphatic carbocycles. The monoisotopic (exact) mass is 418 g/mol. The van der Waals surface area contributed by atoms with Crippen molar-refractivity contribution in [2.75, 3.05) is 31.6 Å². The van der Waals surface area contributed by atoms with E-state index in [0.717, 1.165) is 24.1 Å². The van der Waals surface area contributed by atoms with Crippen molar-refractivity contribution in [1.29, 1.82) is 0 Å². The van der Waals surface area contributed by atoms with Gasteiger partial charge in [0, 0.05) is 44.8 Å². The van der Waals surface area contributed by atoms with E-state index in [1.54, 1.807) is 24.1 Å². The van der Waals surface area contributed by atoms with Crippen molar-refractivity contribution in [3.63, 3.8) is 0 Å². The molecule has 1 aromatic rings. The number of likely N-dealkylation sites (N-methyl/N-ethyl adjacent to an activating group) is 1. The van der Waals surface area contributed by atoms with Crippen LogP contribution in [0.3, 0.4) is 0 Å². The molecule has 2 atom stereocenters. The van der Waals surface area contributed by atoms with Gasteiger partial charge in [0.15, 0.2) is 0 Å². The zero-order chi connectivity index (χ0) is 21.9. The number of rotatable bonds is 8. The molecule has 2 N–H and O–H groups in total. The Balaban J connectivity index is 1.63. The van der Waals surface area contributed by atoms with Gasteiger partial charge in [-0.1, -0.05) is 6.07 Å². The molecule has 1 aliphatic heterocycles. The summed E-state index contributed by atoms with van der Waals surface area (Å²) in [6.07, 6.45) is 2.76. The number of hydrogen-bond acceptors (Lipinski definition) is 4. The number of carbonyl (C=O) groups is 3. The zero-order valence-electron chi connectivity index (χ0n) is 17.9. The molecule has 30 heavy (non-hydrogen) atoms. The van der Waals surface area contributed by atoms with E-state index in [-0.39, 0.29) is 42.4 Å². The van der Waals surface area contributed by atoms with Gasteiger partial charge >= 0.3 is 0 Å². The fraction of sp³-hybridized carbons (Fsp3) is 0.591. The minimum atomic E-state index is -1.02. The molecule has 1 saturated carbocycles. The molecule has 1 aromatic carbocycles. The lowest BCUT2D eigenvalue weighted by Gasteiger charge is -2.42. The molecule has 1 heterocycles. The van der Waals surface area contributed by atoms with Gasteiger partial charge < -0.3 is 20.4 Å². The molecule has 164 valence electrons. The fourth-order valence-corrected chi connectivity index (χ4v) is 4.56. The van der Waals surface area contributed by atoms with E-state index >= 15 is 0 Å². The van der Waals surface area contributed by atoms with Crippen molar-refractivity contribution in [3.05, 3.63) is 29.6 Å². The molecular formula is C22H31FN4O3. The van der Waals surface area contributed by atoms with E-state index in [9.17, 15) is 18.8 Å². The molecule has 3 rings (SSSR count). The summed E-state index contributed by atoms with van der Waals surface area (Å²) in [4.78, 5) is 40.5. The van der Waals surface area contributed by atoms with E-state index in [1.165, 1.54) is 6.07 Å². The van der Waals surface area contributed by atoms with Gasteiger partial charge in [-0.05, 0) is 56.7 Å². The average molecular weight is 419 g/mol. The van der Waals surface area contributed by atoms with Crippen LogP contribution in [-0.2, 0) is 14.4 Å². The first kappa shape index (κ1) is 22.1. The summed E-state index contributed by atoms with van der Waals surface area (Å²) >= 11 is 0. The lowest BCUT2D eigenvalue weighted by Crippen LogP contribution is -2.58. The van der Waals surface area contributed by atoms with Crippen molar-refractivity contribution in [2.24, 2.45) is 5.92 Å². The standard InChI is InChI=1S/C22H31FN4O3/c1-15-4-7-18(23)12-19(15)27-11-10-26(13-16(27)2)20(29)8-9-22(25-14-28,17-5-6-17)21(30)24-3/h4,7,12,14,16-17H,5-6,8-11,13H2,1-3H3,(H,24,30)(H,25,28). The summed E-state index contributed by atoms with van der Waals surface area (Å²) in [7, 11) is 1.54. The quantitative estimate of drug-likeness (QED) is 0.629. The number of anilines is 1. The second-order valence-electron chi connectivity index (χ2n) is 8.40. The Kier molecular flexibility index (Phi) is 6.63. The average Bonchev–Trinajstić information content (AvgIpc) is 3.58. The molecule has 0 aromatic heterocycles. The number of nitrogens with one attached hydrogen (secondary N) is 2. The van der Waals surface area contributed by atoms with E-state index < -0.39 is 5.54 Å². The Morgan fingerprint density at radius 2 is 2.03 bits per heavy atom. The number of nitrogens with zero attached hydrogens (tertiary/aromatic N) is 2. The molecule has 2 aliphatic rings. The lowest BCUT2D eigenvalue weighted by molar-refractivity contribution is -0.135. The maximum absolute atomic E-state index is 13.7. The summed E-state index contributed by atoms with van der Waals surface area (Å²) in [6.45, 7) is 5.67. The fourth-order valence-electron chi connectivity index (χ4n) is 4.56. The van der Waals surface area contributed by atoms with Crippen LogP contribution in [0.25, 0.3) is 0 Å². The Bertz CT molecular complexity index is 814. The van der Waals surface area contributed by atoms with Crippen LogP contribution in [0.2, 0.25) is 0 Å². The third-order valence-corrected chi connectivity index (χ3v) is 6.42. The van der Waals surface area contributed by atoms with Crippen molar-refractivity contribution in [1.82, 2.24) is 15.5 Å². The second kappa shape index (κ2) is 9.02. The molecule has 2 unspecified atom stereocenters. The van der Waals surface area contributed by atoms with Gasteiger partial charge in [-0.25, -0.2) is 4.39 Å². The van der Waals surface area contributed by atoms with E-state index in [2.05, 4.69) is 15.5 Å². The molecule has 0 radical (unpaired) electrons. The third-order valence-electron chi connectivity index (χ3n) is 6.42. The van der Waals surface area contributed by atoms with Gasteiger partial charge in [-0.3, -0.25) is 14.4 Å². The molecule has 2 fully saturated rings. The van der Waals surface area contributed by atoms with Crippen LogP contribution < -0.4 is 15.5 Å². The number of hydrogen-bond donors (Lipinski definition) is 2. The summed E-state index contributed by atoms with van der Waals surface area (Å²) in [5.41, 5.74) is 0.845. The van der Waals surface area contributed by atoms with Crippen LogP contribution >= 0.6 is 0 Å². The number of piperazine rings is 1. The Labute approximate surface area is 177 Å². The molecule has 0 spiro atoms. The van der Waals surface area contributed by atoms with Crippen molar-refractivity contribution in [3.8, 4) is 0 Å². The number of amides is 3. The second-order valence-corrected chi connectivity index (χ2v) is 8.40. The number of carbonyl (C=O) groups excluding carboxylic acids is 3. The molecule has 3 amide bonds. The number of benzene rings is 1. The first-order chi connectivity index (χ1) is 14.3. The summed E-state index contributed by atoms with van der Waals surface area (Å²) in [5, 5.41) is 5.34. The third kappa shape index (κ3) is 4.42. The maximum Gasteiger partial charge on any atom is 0.245 e. The molecule has 7 nitrogen and oxygen atoms in total. The Morgan fingerprint density at radius 3 is 2.63 bits per heavy atom. The molecule has 1 saturated heterocycles. The first-order valence-electron chi connectivity index (χ1n) is 10.6. The SMILES string of the molecule is CNC(=O)C(CCC(=O)N1CCN(c2cc(F)ccc2C)C(C)C1)(NC=O)C1CC1. The minimum absolute atomic E-state index is 0.0286. The largest absolute Gasteiger partial charge is 0.365 e. The highest BCUT2D eigenvalue weighted by molar-refractivity contribution is 5.89. The van der Waals surface area contributed by atoms with Crippen LogP contribution in [-0.4, -0.2) is 61.4 Å². The first-order valence-corrected chi connectivity index (χ1v) is 10.6. The topological polar surface area (TPSA) is 81.8 Å².